The molecule has 4 aromatic carbocycles. The highest BCUT2D eigenvalue weighted by Crippen LogP contribution is 2.30. The Morgan fingerprint density at radius 1 is 0.789 bits per heavy atom. The topological polar surface area (TPSA) is 99.9 Å². The van der Waals surface area contributed by atoms with E-state index in [0.29, 0.717) is 28.8 Å². The van der Waals surface area contributed by atoms with Crippen molar-refractivity contribution in [1.29, 1.82) is 0 Å². The van der Waals surface area contributed by atoms with Crippen LogP contribution < -0.4 is 20.5 Å². The van der Waals surface area contributed by atoms with Gasteiger partial charge in [-0.25, -0.2) is 4.79 Å². The number of rotatable bonds is 7. The molecule has 7 heteroatoms. The fraction of sp³-hybridized carbons (Fsp3) is 0.226. The smallest absolute Gasteiger partial charge is 0.339 e. The molecule has 0 atom stereocenters. The minimum atomic E-state index is -0.516. The number of esters is 1. The Morgan fingerprint density at radius 3 is 2.13 bits per heavy atom. The number of fused-ring (bicyclic) bond motifs is 1. The maximum absolute atomic E-state index is 12.7. The van der Waals surface area contributed by atoms with Gasteiger partial charge in [0, 0.05) is 11.6 Å². The van der Waals surface area contributed by atoms with Gasteiger partial charge in [-0.05, 0) is 97.1 Å². The standard InChI is InChI=1S/C31H30N2O5/c1-36-31(35)28-4-2-3-5-29(28)33-30(34)20-6-12-24(13-7-20)37-26-14-8-22-19-27(15-9-21(22)18-26)38-25-16-10-23(32)11-17-25/h2-9,12-15,18-19,23,25H,10-11,16-17,32H2,1H3,(H,33,34). The van der Waals surface area contributed by atoms with E-state index in [1.165, 1.54) is 7.11 Å². The second-order valence-electron chi connectivity index (χ2n) is 9.44. The summed E-state index contributed by atoms with van der Waals surface area (Å²) in [4.78, 5) is 24.7. The normalized spacial score (nSPS) is 17.0. The second-order valence-corrected chi connectivity index (χ2v) is 9.44. The largest absolute Gasteiger partial charge is 0.490 e. The number of anilines is 1. The van der Waals surface area contributed by atoms with Crippen LogP contribution >= 0.6 is 0 Å². The summed E-state index contributed by atoms with van der Waals surface area (Å²) in [5.41, 5.74) is 7.11. The van der Waals surface area contributed by atoms with Crippen LogP contribution in [0.1, 0.15) is 46.4 Å². The van der Waals surface area contributed by atoms with E-state index in [1.807, 2.05) is 30.3 Å². The van der Waals surface area contributed by atoms with E-state index in [9.17, 15) is 9.59 Å². The van der Waals surface area contributed by atoms with E-state index in [2.05, 4.69) is 11.4 Å². The van der Waals surface area contributed by atoms with Crippen LogP contribution in [-0.4, -0.2) is 31.1 Å². The maximum atomic E-state index is 12.7. The van der Waals surface area contributed by atoms with Crippen LogP contribution in [0.5, 0.6) is 17.2 Å². The molecule has 5 rings (SSSR count). The van der Waals surface area contributed by atoms with Gasteiger partial charge < -0.3 is 25.3 Å². The van der Waals surface area contributed by atoms with E-state index in [4.69, 9.17) is 19.9 Å². The molecule has 1 fully saturated rings. The molecule has 38 heavy (non-hydrogen) atoms. The molecule has 1 amide bonds. The van der Waals surface area contributed by atoms with Crippen LogP contribution in [0.2, 0.25) is 0 Å². The third kappa shape index (κ3) is 5.95. The van der Waals surface area contributed by atoms with Crippen molar-refractivity contribution in [2.75, 3.05) is 12.4 Å². The molecule has 0 unspecified atom stereocenters. The predicted octanol–water partition coefficient (Wildman–Crippen LogP) is 6.32. The van der Waals surface area contributed by atoms with Crippen molar-refractivity contribution in [1.82, 2.24) is 0 Å². The van der Waals surface area contributed by atoms with Gasteiger partial charge in [-0.3, -0.25) is 4.79 Å². The van der Waals surface area contributed by atoms with Gasteiger partial charge in [0.1, 0.15) is 17.2 Å². The molecule has 3 N–H and O–H groups in total. The third-order valence-corrected chi connectivity index (χ3v) is 6.74. The van der Waals surface area contributed by atoms with Gasteiger partial charge in [0.05, 0.1) is 24.5 Å². The fourth-order valence-electron chi connectivity index (χ4n) is 4.62. The zero-order valence-corrected chi connectivity index (χ0v) is 21.2. The molecule has 1 saturated carbocycles. The maximum Gasteiger partial charge on any atom is 0.339 e. The van der Waals surface area contributed by atoms with Crippen molar-refractivity contribution in [3.8, 4) is 17.2 Å². The van der Waals surface area contributed by atoms with Crippen molar-refractivity contribution in [3.63, 3.8) is 0 Å². The summed E-state index contributed by atoms with van der Waals surface area (Å²) in [5, 5.41) is 4.88. The number of carbonyl (C=O) groups excluding carboxylic acids is 2. The van der Waals surface area contributed by atoms with Gasteiger partial charge in [0.25, 0.3) is 5.91 Å². The van der Waals surface area contributed by atoms with Crippen molar-refractivity contribution < 1.29 is 23.8 Å². The predicted molar refractivity (Wildman–Crippen MR) is 147 cm³/mol. The van der Waals surface area contributed by atoms with Gasteiger partial charge in [0.2, 0.25) is 0 Å². The molecule has 1 aliphatic carbocycles. The highest BCUT2D eigenvalue weighted by Gasteiger charge is 2.20. The number of nitrogens with two attached hydrogens (primary N) is 1. The molecule has 0 bridgehead atoms. The van der Waals surface area contributed by atoms with Gasteiger partial charge in [0.15, 0.2) is 0 Å². The van der Waals surface area contributed by atoms with Crippen molar-refractivity contribution in [2.24, 2.45) is 5.73 Å². The lowest BCUT2D eigenvalue weighted by atomic mass is 9.94. The van der Waals surface area contributed by atoms with Gasteiger partial charge in [-0.15, -0.1) is 0 Å². The summed E-state index contributed by atoms with van der Waals surface area (Å²) in [6, 6.07) is 25.8. The van der Waals surface area contributed by atoms with Crippen molar-refractivity contribution >= 4 is 28.3 Å². The Kier molecular flexibility index (Phi) is 7.56. The summed E-state index contributed by atoms with van der Waals surface area (Å²) < 4.78 is 17.0. The Morgan fingerprint density at radius 2 is 1.42 bits per heavy atom. The second kappa shape index (κ2) is 11.4. The van der Waals surface area contributed by atoms with Crippen molar-refractivity contribution in [2.45, 2.75) is 37.8 Å². The first-order valence-corrected chi connectivity index (χ1v) is 12.7. The van der Waals surface area contributed by atoms with E-state index >= 15 is 0 Å². The number of benzene rings is 4. The zero-order valence-electron chi connectivity index (χ0n) is 21.2. The number of ether oxygens (including phenoxy) is 3. The van der Waals surface area contributed by atoms with Crippen LogP contribution in [0.15, 0.2) is 84.9 Å². The fourth-order valence-corrected chi connectivity index (χ4v) is 4.62. The molecule has 0 aliphatic heterocycles. The summed E-state index contributed by atoms with van der Waals surface area (Å²) in [5.74, 6) is 1.31. The van der Waals surface area contributed by atoms with Crippen LogP contribution in [0, 0.1) is 0 Å². The average molecular weight is 511 g/mol. The first-order chi connectivity index (χ1) is 18.5. The molecule has 0 spiro atoms. The molecule has 194 valence electrons. The molecule has 4 aromatic rings. The Hall–Kier alpha value is -4.36. The number of carbonyl (C=O) groups is 2. The number of amides is 1. The third-order valence-electron chi connectivity index (χ3n) is 6.74. The van der Waals surface area contributed by atoms with Crippen LogP contribution in [0.25, 0.3) is 10.8 Å². The van der Waals surface area contributed by atoms with Gasteiger partial charge in [-0.1, -0.05) is 24.3 Å². The molecule has 7 nitrogen and oxygen atoms in total. The average Bonchev–Trinajstić information content (AvgIpc) is 2.94. The number of methoxy groups -OCH3 is 1. The van der Waals surface area contributed by atoms with Gasteiger partial charge in [-0.2, -0.15) is 0 Å². The number of hydrogen-bond donors (Lipinski definition) is 2. The van der Waals surface area contributed by atoms with Gasteiger partial charge >= 0.3 is 5.97 Å². The Balaban J connectivity index is 1.22. The van der Waals surface area contributed by atoms with Crippen LogP contribution in [0.4, 0.5) is 5.69 Å². The van der Waals surface area contributed by atoms with E-state index in [1.54, 1.807) is 48.5 Å². The molecular formula is C31H30N2O5. The number of para-hydroxylation sites is 1. The lowest BCUT2D eigenvalue weighted by Crippen LogP contribution is -2.31. The molecule has 0 radical (unpaired) electrons. The molecule has 0 aromatic heterocycles. The summed E-state index contributed by atoms with van der Waals surface area (Å²) >= 11 is 0. The lowest BCUT2D eigenvalue weighted by Gasteiger charge is -2.26. The SMILES string of the molecule is COC(=O)c1ccccc1NC(=O)c1ccc(Oc2ccc3cc(OC4CCC(N)CC4)ccc3c2)cc1. The van der Waals surface area contributed by atoms with E-state index in [-0.39, 0.29) is 17.6 Å². The number of nitrogens with one attached hydrogen (secondary N) is 1. The highest BCUT2D eigenvalue weighted by atomic mass is 16.5. The lowest BCUT2D eigenvalue weighted by molar-refractivity contribution is 0.0602. The van der Waals surface area contributed by atoms with Crippen LogP contribution in [-0.2, 0) is 4.74 Å². The number of hydrogen-bond acceptors (Lipinski definition) is 6. The minimum absolute atomic E-state index is 0.225. The summed E-state index contributed by atoms with van der Waals surface area (Å²) in [6.45, 7) is 0. The zero-order chi connectivity index (χ0) is 26.5. The molecular weight excluding hydrogens is 480 g/mol. The highest BCUT2D eigenvalue weighted by molar-refractivity contribution is 6.08. The first-order valence-electron chi connectivity index (χ1n) is 12.7. The minimum Gasteiger partial charge on any atom is -0.490 e. The van der Waals surface area contributed by atoms with E-state index < -0.39 is 5.97 Å². The Labute approximate surface area is 221 Å². The Bertz CT molecular complexity index is 1440. The summed E-state index contributed by atoms with van der Waals surface area (Å²) in [6.07, 6.45) is 4.23. The molecule has 0 saturated heterocycles. The quantitative estimate of drug-likeness (QED) is 0.282. The van der Waals surface area contributed by atoms with Crippen LogP contribution in [0.3, 0.4) is 0 Å². The summed E-state index contributed by atoms with van der Waals surface area (Å²) in [7, 11) is 1.30. The van der Waals surface area contributed by atoms with E-state index in [0.717, 1.165) is 42.2 Å². The molecule has 1 aliphatic rings. The van der Waals surface area contributed by atoms with Crippen molar-refractivity contribution in [3.05, 3.63) is 96.1 Å². The first kappa shape index (κ1) is 25.3. The monoisotopic (exact) mass is 510 g/mol. The molecule has 0 heterocycles.